The Bertz CT molecular complexity index is 241. The van der Waals surface area contributed by atoms with Gasteiger partial charge in [0.05, 0.1) is 6.61 Å². The summed E-state index contributed by atoms with van der Waals surface area (Å²) in [5.41, 5.74) is -2.33. The van der Waals surface area contributed by atoms with Crippen LogP contribution in [0.1, 0.15) is 40.5 Å². The molecule has 0 radical (unpaired) electrons. The Balaban J connectivity index is 4.97. The molecule has 1 unspecified atom stereocenters. The van der Waals surface area contributed by atoms with Crippen LogP contribution in [-0.4, -0.2) is 29.2 Å². The normalized spacial score (nSPS) is 16.0. The van der Waals surface area contributed by atoms with Crippen LogP contribution in [0, 0.1) is 5.92 Å². The number of rotatable bonds is 6. The fourth-order valence-corrected chi connectivity index (χ4v) is 1.58. The van der Waals surface area contributed by atoms with Crippen LogP contribution in [0.3, 0.4) is 0 Å². The van der Waals surface area contributed by atoms with Crippen LogP contribution in [0.4, 0.5) is 8.78 Å². The van der Waals surface area contributed by atoms with E-state index in [0.29, 0.717) is 0 Å². The highest BCUT2D eigenvalue weighted by Crippen LogP contribution is 2.37. The largest absolute Gasteiger partial charge is 0.461 e. The standard InChI is InChI=1S/C11H20F2O3/c1-5-10(15,7-8(3)4)11(12,13)9(14)16-6-2/h8,15H,5-7H2,1-4H3. The Labute approximate surface area is 94.8 Å². The molecule has 0 bridgehead atoms. The highest BCUT2D eigenvalue weighted by atomic mass is 19.3. The summed E-state index contributed by atoms with van der Waals surface area (Å²) >= 11 is 0. The molecule has 0 aromatic rings. The predicted octanol–water partition coefficient (Wildman–Crippen LogP) is 2.37. The van der Waals surface area contributed by atoms with Crippen LogP contribution >= 0.6 is 0 Å². The van der Waals surface area contributed by atoms with Gasteiger partial charge in [-0.1, -0.05) is 20.8 Å². The summed E-state index contributed by atoms with van der Waals surface area (Å²) in [7, 11) is 0. The molecule has 0 aliphatic rings. The predicted molar refractivity (Wildman–Crippen MR) is 56.3 cm³/mol. The Morgan fingerprint density at radius 1 is 1.38 bits per heavy atom. The third kappa shape index (κ3) is 3.14. The molecule has 1 N–H and O–H groups in total. The highest BCUT2D eigenvalue weighted by molar-refractivity contribution is 5.79. The van der Waals surface area contributed by atoms with Crippen molar-refractivity contribution in [2.75, 3.05) is 6.61 Å². The molecule has 0 spiro atoms. The van der Waals surface area contributed by atoms with E-state index in [1.165, 1.54) is 13.8 Å². The Morgan fingerprint density at radius 3 is 2.19 bits per heavy atom. The second-order valence-corrected chi connectivity index (χ2v) is 4.28. The van der Waals surface area contributed by atoms with E-state index < -0.39 is 17.5 Å². The van der Waals surface area contributed by atoms with Gasteiger partial charge in [-0.2, -0.15) is 8.78 Å². The number of esters is 1. The van der Waals surface area contributed by atoms with Gasteiger partial charge in [0.2, 0.25) is 0 Å². The molecular formula is C11H20F2O3. The molecule has 0 aliphatic heterocycles. The van der Waals surface area contributed by atoms with Crippen molar-refractivity contribution in [1.29, 1.82) is 0 Å². The summed E-state index contributed by atoms with van der Waals surface area (Å²) in [6.07, 6.45) is -0.341. The third-order valence-electron chi connectivity index (χ3n) is 2.45. The zero-order valence-electron chi connectivity index (χ0n) is 10.2. The maximum atomic E-state index is 13.7. The SMILES string of the molecule is CCOC(=O)C(F)(F)C(O)(CC)CC(C)C. The zero-order chi connectivity index (χ0) is 13.0. The first-order valence-electron chi connectivity index (χ1n) is 5.48. The smallest absolute Gasteiger partial charge is 0.380 e. The second-order valence-electron chi connectivity index (χ2n) is 4.28. The quantitative estimate of drug-likeness (QED) is 0.723. The minimum atomic E-state index is -3.86. The van der Waals surface area contributed by atoms with E-state index in [-0.39, 0.29) is 25.4 Å². The Kier molecular flexibility index (Phi) is 5.32. The number of hydrogen-bond donors (Lipinski definition) is 1. The molecule has 0 amide bonds. The van der Waals surface area contributed by atoms with Gasteiger partial charge in [0.15, 0.2) is 0 Å². The molecule has 0 aromatic carbocycles. The summed E-state index contributed by atoms with van der Waals surface area (Å²) in [6.45, 7) is 6.16. The third-order valence-corrected chi connectivity index (χ3v) is 2.45. The second kappa shape index (κ2) is 5.57. The molecule has 0 aliphatic carbocycles. The molecule has 16 heavy (non-hydrogen) atoms. The van der Waals surface area contributed by atoms with Gasteiger partial charge in [0.25, 0.3) is 0 Å². The first-order chi connectivity index (χ1) is 7.21. The summed E-state index contributed by atoms with van der Waals surface area (Å²) in [5.74, 6) is -5.65. The highest BCUT2D eigenvalue weighted by Gasteiger charge is 2.58. The van der Waals surface area contributed by atoms with Crippen molar-refractivity contribution in [2.45, 2.75) is 52.1 Å². The number of carbonyl (C=O) groups excluding carboxylic acids is 1. The van der Waals surface area contributed by atoms with E-state index in [0.717, 1.165) is 0 Å². The lowest BCUT2D eigenvalue weighted by Gasteiger charge is -2.34. The van der Waals surface area contributed by atoms with Crippen molar-refractivity contribution >= 4 is 5.97 Å². The molecule has 5 heteroatoms. The van der Waals surface area contributed by atoms with Crippen LogP contribution in [0.25, 0.3) is 0 Å². The van der Waals surface area contributed by atoms with E-state index in [4.69, 9.17) is 0 Å². The minimum absolute atomic E-state index is 0.129. The number of hydrogen-bond acceptors (Lipinski definition) is 3. The van der Waals surface area contributed by atoms with E-state index in [9.17, 15) is 18.7 Å². The van der Waals surface area contributed by atoms with Crippen molar-refractivity contribution in [3.63, 3.8) is 0 Å². The fourth-order valence-electron chi connectivity index (χ4n) is 1.58. The number of carbonyl (C=O) groups is 1. The van der Waals surface area contributed by atoms with Crippen LogP contribution in [0.2, 0.25) is 0 Å². The Hall–Kier alpha value is -0.710. The topological polar surface area (TPSA) is 46.5 Å². The van der Waals surface area contributed by atoms with Gasteiger partial charge in [0.1, 0.15) is 5.60 Å². The van der Waals surface area contributed by atoms with Crippen molar-refractivity contribution < 1.29 is 23.4 Å². The molecule has 0 heterocycles. The Morgan fingerprint density at radius 2 is 1.88 bits per heavy atom. The number of halogens is 2. The van der Waals surface area contributed by atoms with Gasteiger partial charge < -0.3 is 9.84 Å². The summed E-state index contributed by atoms with van der Waals surface area (Å²) in [4.78, 5) is 11.1. The lowest BCUT2D eigenvalue weighted by molar-refractivity contribution is -0.217. The van der Waals surface area contributed by atoms with Crippen LogP contribution in [-0.2, 0) is 9.53 Å². The van der Waals surface area contributed by atoms with Crippen LogP contribution in [0.5, 0.6) is 0 Å². The molecule has 1 atom stereocenters. The monoisotopic (exact) mass is 238 g/mol. The molecule has 0 rings (SSSR count). The molecule has 0 saturated carbocycles. The number of aliphatic hydroxyl groups is 1. The lowest BCUT2D eigenvalue weighted by Crippen LogP contribution is -2.54. The van der Waals surface area contributed by atoms with Crippen LogP contribution in [0.15, 0.2) is 0 Å². The maximum Gasteiger partial charge on any atom is 0.380 e. The van der Waals surface area contributed by atoms with E-state index in [1.807, 2.05) is 0 Å². The van der Waals surface area contributed by atoms with Gasteiger partial charge >= 0.3 is 11.9 Å². The van der Waals surface area contributed by atoms with Gasteiger partial charge in [0, 0.05) is 0 Å². The number of ether oxygens (including phenoxy) is 1. The molecule has 0 fully saturated rings. The minimum Gasteiger partial charge on any atom is -0.461 e. The summed E-state index contributed by atoms with van der Waals surface area (Å²) in [6, 6.07) is 0. The van der Waals surface area contributed by atoms with Crippen molar-refractivity contribution in [3.8, 4) is 0 Å². The molecule has 3 nitrogen and oxygen atoms in total. The molecular weight excluding hydrogens is 218 g/mol. The van der Waals surface area contributed by atoms with Gasteiger partial charge in [-0.05, 0) is 25.7 Å². The van der Waals surface area contributed by atoms with Crippen molar-refractivity contribution in [3.05, 3.63) is 0 Å². The first kappa shape index (κ1) is 15.3. The zero-order valence-corrected chi connectivity index (χ0v) is 10.2. The number of alkyl halides is 2. The van der Waals surface area contributed by atoms with E-state index in [1.54, 1.807) is 13.8 Å². The summed E-state index contributed by atoms with van der Waals surface area (Å²) in [5, 5.41) is 9.86. The van der Waals surface area contributed by atoms with E-state index >= 15 is 0 Å². The van der Waals surface area contributed by atoms with Gasteiger partial charge in [-0.15, -0.1) is 0 Å². The molecule has 0 saturated heterocycles. The van der Waals surface area contributed by atoms with Crippen molar-refractivity contribution in [1.82, 2.24) is 0 Å². The maximum absolute atomic E-state index is 13.7. The average molecular weight is 238 g/mol. The molecule has 96 valence electrons. The lowest BCUT2D eigenvalue weighted by atomic mass is 9.84. The fraction of sp³-hybridized carbons (Fsp3) is 0.909. The summed E-state index contributed by atoms with van der Waals surface area (Å²) < 4.78 is 31.7. The first-order valence-corrected chi connectivity index (χ1v) is 5.48. The average Bonchev–Trinajstić information content (AvgIpc) is 2.16. The van der Waals surface area contributed by atoms with E-state index in [2.05, 4.69) is 4.74 Å². The van der Waals surface area contributed by atoms with Crippen molar-refractivity contribution in [2.24, 2.45) is 5.92 Å². The molecule has 0 aromatic heterocycles. The van der Waals surface area contributed by atoms with Gasteiger partial charge in [-0.25, -0.2) is 4.79 Å². The van der Waals surface area contributed by atoms with Gasteiger partial charge in [-0.3, -0.25) is 0 Å². The van der Waals surface area contributed by atoms with Crippen LogP contribution < -0.4 is 0 Å².